The average Bonchev–Trinajstić information content (AvgIpc) is 3.15. The molecule has 1 aromatic rings. The summed E-state index contributed by atoms with van der Waals surface area (Å²) in [6.45, 7) is 1.90. The molecule has 0 radical (unpaired) electrons. The van der Waals surface area contributed by atoms with E-state index in [4.69, 9.17) is 5.73 Å². The molecule has 1 atom stereocenters. The smallest absolute Gasteiger partial charge is 0.251 e. The van der Waals surface area contributed by atoms with Crippen molar-refractivity contribution in [3.05, 3.63) is 29.6 Å². The number of hydrogen-bond donors (Lipinski definition) is 3. The van der Waals surface area contributed by atoms with Crippen molar-refractivity contribution in [2.24, 2.45) is 17.1 Å². The summed E-state index contributed by atoms with van der Waals surface area (Å²) in [5.74, 6) is -1.56. The lowest BCUT2D eigenvalue weighted by atomic mass is 9.92. The first kappa shape index (κ1) is 14.0. The van der Waals surface area contributed by atoms with Crippen molar-refractivity contribution in [3.63, 3.8) is 0 Å². The Bertz CT molecular complexity index is 597. The van der Waals surface area contributed by atoms with Crippen LogP contribution in [-0.4, -0.2) is 24.9 Å². The molecule has 1 spiro atoms. The summed E-state index contributed by atoms with van der Waals surface area (Å²) in [5.41, 5.74) is 5.44. The minimum atomic E-state index is -0.843. The summed E-state index contributed by atoms with van der Waals surface area (Å²) < 4.78 is 13.4. The molecule has 1 aliphatic carbocycles. The quantitative estimate of drug-likeness (QED) is 0.783. The van der Waals surface area contributed by atoms with Crippen LogP contribution in [0.15, 0.2) is 18.2 Å². The number of piperidine rings is 1. The lowest BCUT2D eigenvalue weighted by Gasteiger charge is -2.23. The van der Waals surface area contributed by atoms with Crippen LogP contribution < -0.4 is 16.4 Å². The molecule has 5 nitrogen and oxygen atoms in total. The van der Waals surface area contributed by atoms with Crippen LogP contribution in [0.5, 0.6) is 0 Å². The van der Waals surface area contributed by atoms with Crippen LogP contribution >= 0.6 is 0 Å². The maximum absolute atomic E-state index is 13.4. The Kier molecular flexibility index (Phi) is 3.41. The third-order valence-electron chi connectivity index (χ3n) is 4.60. The van der Waals surface area contributed by atoms with Gasteiger partial charge in [-0.1, -0.05) is 0 Å². The summed E-state index contributed by atoms with van der Waals surface area (Å²) in [6.07, 6.45) is 2.94. The highest BCUT2D eigenvalue weighted by Gasteiger charge is 2.57. The van der Waals surface area contributed by atoms with Gasteiger partial charge in [0.2, 0.25) is 5.91 Å². The Morgan fingerprint density at radius 3 is 2.71 bits per heavy atom. The summed E-state index contributed by atoms with van der Waals surface area (Å²) in [7, 11) is 0. The lowest BCUT2D eigenvalue weighted by Crippen LogP contribution is -2.31. The van der Waals surface area contributed by atoms with Gasteiger partial charge in [-0.25, -0.2) is 4.39 Å². The first-order valence-corrected chi connectivity index (χ1v) is 7.13. The molecule has 2 fully saturated rings. The van der Waals surface area contributed by atoms with Crippen LogP contribution in [0.2, 0.25) is 0 Å². The van der Waals surface area contributed by atoms with E-state index in [0.717, 1.165) is 38.4 Å². The first-order valence-electron chi connectivity index (χ1n) is 7.13. The molecule has 1 heterocycles. The molecule has 112 valence electrons. The normalized spacial score (nSPS) is 22.8. The Labute approximate surface area is 122 Å². The zero-order chi connectivity index (χ0) is 15.0. The largest absolute Gasteiger partial charge is 0.366 e. The molecule has 1 saturated heterocycles. The van der Waals surface area contributed by atoms with Gasteiger partial charge in [0, 0.05) is 11.6 Å². The molecule has 6 heteroatoms. The number of carbonyl (C=O) groups is 2. The minimum Gasteiger partial charge on any atom is -0.366 e. The average molecular weight is 291 g/mol. The van der Waals surface area contributed by atoms with E-state index in [1.54, 1.807) is 0 Å². The Balaban J connectivity index is 1.68. The fraction of sp³-hybridized carbons (Fsp3) is 0.467. The molecule has 0 bridgehead atoms. The third-order valence-corrected chi connectivity index (χ3v) is 4.60. The predicted octanol–water partition coefficient (Wildman–Crippen LogP) is 1.25. The molecule has 1 saturated carbocycles. The van der Waals surface area contributed by atoms with E-state index in [1.807, 2.05) is 0 Å². The van der Waals surface area contributed by atoms with Gasteiger partial charge in [0.25, 0.3) is 5.91 Å². The topological polar surface area (TPSA) is 84.2 Å². The molecule has 21 heavy (non-hydrogen) atoms. The summed E-state index contributed by atoms with van der Waals surface area (Å²) in [5, 5.41) is 6.06. The molecule has 3 rings (SSSR count). The fourth-order valence-electron chi connectivity index (χ4n) is 3.22. The van der Waals surface area contributed by atoms with Crippen molar-refractivity contribution >= 4 is 17.5 Å². The second-order valence-corrected chi connectivity index (χ2v) is 5.92. The number of carbonyl (C=O) groups excluding carboxylic acids is 2. The predicted molar refractivity (Wildman–Crippen MR) is 76.2 cm³/mol. The number of primary amides is 1. The second kappa shape index (κ2) is 5.11. The van der Waals surface area contributed by atoms with Crippen molar-refractivity contribution in [1.29, 1.82) is 0 Å². The van der Waals surface area contributed by atoms with E-state index in [-0.39, 0.29) is 22.8 Å². The highest BCUT2D eigenvalue weighted by Crippen LogP contribution is 2.58. The molecule has 0 aromatic heterocycles. The maximum Gasteiger partial charge on any atom is 0.251 e. The SMILES string of the molecule is NC(=O)c1cc(NC(=O)C2CC23CCNCC3)ccc1F. The van der Waals surface area contributed by atoms with E-state index in [0.29, 0.717) is 5.69 Å². The number of nitrogens with two attached hydrogens (primary N) is 1. The summed E-state index contributed by atoms with van der Waals surface area (Å²) in [6, 6.07) is 3.87. The molecule has 4 N–H and O–H groups in total. The minimum absolute atomic E-state index is 0.0154. The van der Waals surface area contributed by atoms with Gasteiger partial charge in [-0.05, 0) is 56.0 Å². The maximum atomic E-state index is 13.4. The standard InChI is InChI=1S/C15H18FN3O2/c16-12-2-1-9(7-10(12)13(17)20)19-14(21)11-8-15(11)3-5-18-6-4-15/h1-2,7,11,18H,3-6,8H2,(H2,17,20)(H,19,21). The number of hydrogen-bond acceptors (Lipinski definition) is 3. The molecule has 1 aliphatic heterocycles. The van der Waals surface area contributed by atoms with Crippen LogP contribution in [0.4, 0.5) is 10.1 Å². The molecule has 1 aromatic carbocycles. The van der Waals surface area contributed by atoms with Gasteiger partial charge >= 0.3 is 0 Å². The molecule has 2 aliphatic rings. The Morgan fingerprint density at radius 2 is 2.05 bits per heavy atom. The van der Waals surface area contributed by atoms with Gasteiger partial charge in [0.15, 0.2) is 0 Å². The molecule has 2 amide bonds. The monoisotopic (exact) mass is 291 g/mol. The number of rotatable bonds is 3. The van der Waals surface area contributed by atoms with E-state index in [9.17, 15) is 14.0 Å². The number of nitrogens with one attached hydrogen (secondary N) is 2. The molecule has 1 unspecified atom stereocenters. The van der Waals surface area contributed by atoms with E-state index < -0.39 is 11.7 Å². The highest BCUT2D eigenvalue weighted by atomic mass is 19.1. The number of halogens is 1. The van der Waals surface area contributed by atoms with Crippen LogP contribution in [0.3, 0.4) is 0 Å². The highest BCUT2D eigenvalue weighted by molar-refractivity contribution is 5.98. The van der Waals surface area contributed by atoms with Crippen LogP contribution in [0.1, 0.15) is 29.6 Å². The third kappa shape index (κ3) is 2.63. The van der Waals surface area contributed by atoms with Gasteiger partial charge in [0.05, 0.1) is 5.56 Å². The van der Waals surface area contributed by atoms with E-state index in [2.05, 4.69) is 10.6 Å². The van der Waals surface area contributed by atoms with Crippen molar-refractivity contribution in [1.82, 2.24) is 5.32 Å². The lowest BCUT2D eigenvalue weighted by molar-refractivity contribution is -0.118. The number of amides is 2. The van der Waals surface area contributed by atoms with Crippen LogP contribution in [0.25, 0.3) is 0 Å². The van der Waals surface area contributed by atoms with Gasteiger partial charge < -0.3 is 16.4 Å². The van der Waals surface area contributed by atoms with Crippen LogP contribution in [0, 0.1) is 17.2 Å². The number of anilines is 1. The second-order valence-electron chi connectivity index (χ2n) is 5.92. The van der Waals surface area contributed by atoms with Gasteiger partial charge in [-0.2, -0.15) is 0 Å². The van der Waals surface area contributed by atoms with Crippen LogP contribution in [-0.2, 0) is 4.79 Å². The Morgan fingerprint density at radius 1 is 1.33 bits per heavy atom. The molecular formula is C15H18FN3O2. The summed E-state index contributed by atoms with van der Waals surface area (Å²) >= 11 is 0. The van der Waals surface area contributed by atoms with E-state index >= 15 is 0 Å². The van der Waals surface area contributed by atoms with Gasteiger partial charge in [0.1, 0.15) is 5.82 Å². The van der Waals surface area contributed by atoms with Gasteiger partial charge in [-0.3, -0.25) is 9.59 Å². The van der Waals surface area contributed by atoms with Crippen molar-refractivity contribution < 1.29 is 14.0 Å². The fourth-order valence-corrected chi connectivity index (χ4v) is 3.22. The van der Waals surface area contributed by atoms with Gasteiger partial charge in [-0.15, -0.1) is 0 Å². The van der Waals surface area contributed by atoms with Crippen molar-refractivity contribution in [3.8, 4) is 0 Å². The number of benzene rings is 1. The zero-order valence-electron chi connectivity index (χ0n) is 11.6. The van der Waals surface area contributed by atoms with E-state index in [1.165, 1.54) is 12.1 Å². The summed E-state index contributed by atoms with van der Waals surface area (Å²) in [4.78, 5) is 23.4. The zero-order valence-corrected chi connectivity index (χ0v) is 11.6. The van der Waals surface area contributed by atoms with Crippen molar-refractivity contribution in [2.45, 2.75) is 19.3 Å². The first-order chi connectivity index (χ1) is 10.0. The Hall–Kier alpha value is -1.95. The van der Waals surface area contributed by atoms with Crippen molar-refractivity contribution in [2.75, 3.05) is 18.4 Å². The molecular weight excluding hydrogens is 273 g/mol.